The van der Waals surface area contributed by atoms with E-state index in [-0.39, 0.29) is 4.87 Å². The summed E-state index contributed by atoms with van der Waals surface area (Å²) in [6.07, 6.45) is 0.590. The molecule has 1 heterocycles. The van der Waals surface area contributed by atoms with Crippen molar-refractivity contribution in [2.75, 3.05) is 0 Å². The SMILES string of the molecule is Cc1sc(=O)n(CCC(N)=S)c1C. The first-order valence-electron chi connectivity index (χ1n) is 3.97. The highest BCUT2D eigenvalue weighted by Gasteiger charge is 2.06. The Hall–Kier alpha value is -0.680. The molecule has 0 saturated heterocycles. The maximum atomic E-state index is 11.4. The Bertz CT molecular complexity index is 378. The Morgan fingerprint density at radius 3 is 2.62 bits per heavy atom. The van der Waals surface area contributed by atoms with Gasteiger partial charge >= 0.3 is 4.87 Å². The molecule has 1 rings (SSSR count). The monoisotopic (exact) mass is 216 g/mol. The van der Waals surface area contributed by atoms with Crippen molar-refractivity contribution in [3.8, 4) is 0 Å². The first kappa shape index (κ1) is 10.4. The van der Waals surface area contributed by atoms with Crippen molar-refractivity contribution in [2.45, 2.75) is 26.8 Å². The van der Waals surface area contributed by atoms with Crippen LogP contribution < -0.4 is 10.6 Å². The number of nitrogens with two attached hydrogens (primary N) is 1. The van der Waals surface area contributed by atoms with Gasteiger partial charge in [-0.3, -0.25) is 4.79 Å². The molecule has 2 N–H and O–H groups in total. The highest BCUT2D eigenvalue weighted by Crippen LogP contribution is 2.09. The third-order valence-electron chi connectivity index (χ3n) is 1.96. The van der Waals surface area contributed by atoms with Gasteiger partial charge < -0.3 is 10.3 Å². The minimum atomic E-state index is 0.0752. The summed E-state index contributed by atoms with van der Waals surface area (Å²) >= 11 is 6.02. The molecule has 0 spiro atoms. The van der Waals surface area contributed by atoms with Crippen LogP contribution >= 0.6 is 23.6 Å². The van der Waals surface area contributed by atoms with E-state index in [0.717, 1.165) is 10.6 Å². The van der Waals surface area contributed by atoms with E-state index in [1.807, 2.05) is 13.8 Å². The number of nitrogens with zero attached hydrogens (tertiary/aromatic N) is 1. The van der Waals surface area contributed by atoms with E-state index in [1.54, 1.807) is 4.57 Å². The third-order valence-corrected chi connectivity index (χ3v) is 3.16. The molecule has 0 atom stereocenters. The summed E-state index contributed by atoms with van der Waals surface area (Å²) in [4.78, 5) is 13.0. The number of thiazole rings is 1. The van der Waals surface area contributed by atoms with Crippen molar-refractivity contribution in [3.05, 3.63) is 20.2 Å². The van der Waals surface area contributed by atoms with Gasteiger partial charge in [0.15, 0.2) is 0 Å². The van der Waals surface area contributed by atoms with E-state index >= 15 is 0 Å². The normalized spacial score (nSPS) is 10.3. The first-order chi connectivity index (χ1) is 6.02. The van der Waals surface area contributed by atoms with Gasteiger partial charge in [0.2, 0.25) is 0 Å². The molecule has 1 aromatic heterocycles. The lowest BCUT2D eigenvalue weighted by Gasteiger charge is -2.02. The summed E-state index contributed by atoms with van der Waals surface area (Å²) in [5.74, 6) is 0. The summed E-state index contributed by atoms with van der Waals surface area (Å²) < 4.78 is 1.72. The second-order valence-corrected chi connectivity index (χ2v) is 4.57. The van der Waals surface area contributed by atoms with E-state index in [4.69, 9.17) is 18.0 Å². The maximum Gasteiger partial charge on any atom is 0.307 e. The zero-order chi connectivity index (χ0) is 10.0. The van der Waals surface area contributed by atoms with Crippen molar-refractivity contribution < 1.29 is 0 Å². The van der Waals surface area contributed by atoms with Crippen molar-refractivity contribution >= 4 is 28.5 Å². The Kier molecular flexibility index (Phi) is 3.22. The average molecular weight is 216 g/mol. The summed E-state index contributed by atoms with van der Waals surface area (Å²) in [5, 5.41) is 0. The number of hydrogen-bond donors (Lipinski definition) is 1. The molecule has 72 valence electrons. The van der Waals surface area contributed by atoms with E-state index in [0.29, 0.717) is 18.0 Å². The van der Waals surface area contributed by atoms with Gasteiger partial charge in [-0.2, -0.15) is 0 Å². The third kappa shape index (κ3) is 2.38. The largest absolute Gasteiger partial charge is 0.393 e. The van der Waals surface area contributed by atoms with Crippen LogP contribution in [-0.4, -0.2) is 9.56 Å². The van der Waals surface area contributed by atoms with Crippen LogP contribution in [0.5, 0.6) is 0 Å². The summed E-state index contributed by atoms with van der Waals surface area (Å²) in [6.45, 7) is 4.48. The van der Waals surface area contributed by atoms with E-state index in [2.05, 4.69) is 0 Å². The number of rotatable bonds is 3. The molecule has 0 fully saturated rings. The summed E-state index contributed by atoms with van der Waals surface area (Å²) in [5.41, 5.74) is 6.39. The van der Waals surface area contributed by atoms with Crippen LogP contribution in [0.25, 0.3) is 0 Å². The predicted octanol–water partition coefficient (Wildman–Crippen LogP) is 1.20. The number of aryl methyl sites for hydroxylation is 1. The molecular formula is C8H12N2OS2. The van der Waals surface area contributed by atoms with Gasteiger partial charge in [-0.1, -0.05) is 23.6 Å². The van der Waals surface area contributed by atoms with E-state index < -0.39 is 0 Å². The highest BCUT2D eigenvalue weighted by molar-refractivity contribution is 7.80. The molecule has 13 heavy (non-hydrogen) atoms. The predicted molar refractivity (Wildman–Crippen MR) is 59.5 cm³/mol. The lowest BCUT2D eigenvalue weighted by atomic mass is 10.3. The zero-order valence-corrected chi connectivity index (χ0v) is 9.30. The molecule has 0 aliphatic heterocycles. The Balaban J connectivity index is 2.88. The smallest absolute Gasteiger partial charge is 0.307 e. The molecule has 0 amide bonds. The second-order valence-electron chi connectivity index (χ2n) is 2.88. The van der Waals surface area contributed by atoms with Gasteiger partial charge in [0.1, 0.15) is 0 Å². The minimum Gasteiger partial charge on any atom is -0.393 e. The molecular weight excluding hydrogens is 204 g/mol. The van der Waals surface area contributed by atoms with Crippen LogP contribution in [0.1, 0.15) is 17.0 Å². The minimum absolute atomic E-state index is 0.0752. The second kappa shape index (κ2) is 4.02. The highest BCUT2D eigenvalue weighted by atomic mass is 32.1. The van der Waals surface area contributed by atoms with Crippen molar-refractivity contribution in [2.24, 2.45) is 5.73 Å². The number of thiocarbonyl (C=S) groups is 1. The fourth-order valence-corrected chi connectivity index (χ4v) is 2.02. The Morgan fingerprint density at radius 1 is 1.62 bits per heavy atom. The molecule has 0 saturated carbocycles. The number of hydrogen-bond acceptors (Lipinski definition) is 3. The fraction of sp³-hybridized carbons (Fsp3) is 0.500. The summed E-state index contributed by atoms with van der Waals surface area (Å²) in [7, 11) is 0. The van der Waals surface area contributed by atoms with Crippen LogP contribution in [-0.2, 0) is 6.54 Å². The van der Waals surface area contributed by atoms with E-state index in [1.165, 1.54) is 11.3 Å². The van der Waals surface area contributed by atoms with Crippen LogP contribution in [0.2, 0.25) is 0 Å². The quantitative estimate of drug-likeness (QED) is 0.772. The topological polar surface area (TPSA) is 48.0 Å². The molecule has 5 heteroatoms. The van der Waals surface area contributed by atoms with Gasteiger partial charge in [0.25, 0.3) is 0 Å². The Labute approximate surface area is 86.2 Å². The van der Waals surface area contributed by atoms with Crippen LogP contribution in [0.3, 0.4) is 0 Å². The van der Waals surface area contributed by atoms with Crippen molar-refractivity contribution in [1.29, 1.82) is 0 Å². The van der Waals surface area contributed by atoms with Gasteiger partial charge in [-0.25, -0.2) is 0 Å². The molecule has 3 nitrogen and oxygen atoms in total. The molecule has 0 aliphatic rings. The fourth-order valence-electron chi connectivity index (χ4n) is 1.07. The zero-order valence-electron chi connectivity index (χ0n) is 7.66. The lowest BCUT2D eigenvalue weighted by Crippen LogP contribution is -2.19. The van der Waals surface area contributed by atoms with Gasteiger partial charge in [-0.05, 0) is 13.8 Å². The van der Waals surface area contributed by atoms with Crippen LogP contribution in [0, 0.1) is 13.8 Å². The van der Waals surface area contributed by atoms with Crippen LogP contribution in [0.15, 0.2) is 4.79 Å². The maximum absolute atomic E-state index is 11.4. The van der Waals surface area contributed by atoms with E-state index in [9.17, 15) is 4.79 Å². The van der Waals surface area contributed by atoms with Crippen LogP contribution in [0.4, 0.5) is 0 Å². The molecule has 0 aliphatic carbocycles. The molecule has 0 unspecified atom stereocenters. The standard InChI is InChI=1S/C8H12N2OS2/c1-5-6(2)13-8(11)10(5)4-3-7(9)12/h3-4H2,1-2H3,(H2,9,12). The summed E-state index contributed by atoms with van der Waals surface area (Å²) in [6, 6.07) is 0. The van der Waals surface area contributed by atoms with Gasteiger partial charge in [0.05, 0.1) is 4.99 Å². The lowest BCUT2D eigenvalue weighted by molar-refractivity contribution is 0.690. The molecule has 0 radical (unpaired) electrons. The van der Waals surface area contributed by atoms with Crippen molar-refractivity contribution in [3.63, 3.8) is 0 Å². The molecule has 0 aromatic carbocycles. The molecule has 0 bridgehead atoms. The Morgan fingerprint density at radius 2 is 2.23 bits per heavy atom. The van der Waals surface area contributed by atoms with Crippen molar-refractivity contribution in [1.82, 2.24) is 4.57 Å². The van der Waals surface area contributed by atoms with Gasteiger partial charge in [-0.15, -0.1) is 0 Å². The molecule has 1 aromatic rings. The average Bonchev–Trinajstić information content (AvgIpc) is 2.24. The first-order valence-corrected chi connectivity index (χ1v) is 5.20. The number of aromatic nitrogens is 1. The van der Waals surface area contributed by atoms with Gasteiger partial charge in [0, 0.05) is 23.5 Å².